The van der Waals surface area contributed by atoms with Crippen molar-refractivity contribution in [3.8, 4) is 0 Å². The van der Waals surface area contributed by atoms with Crippen LogP contribution in [-0.2, 0) is 4.79 Å². The Morgan fingerprint density at radius 2 is 1.77 bits per heavy atom. The van der Waals surface area contributed by atoms with E-state index in [0.29, 0.717) is 27.9 Å². The molecule has 0 saturated carbocycles. The highest BCUT2D eigenvalue weighted by atomic mass is 35.5. The highest BCUT2D eigenvalue weighted by Gasteiger charge is 2.35. The minimum atomic E-state index is -0.488. The normalized spacial score (nSPS) is 15.5. The Morgan fingerprint density at radius 1 is 1.06 bits per heavy atom. The first-order valence-corrected chi connectivity index (χ1v) is 10.2. The van der Waals surface area contributed by atoms with E-state index in [4.69, 9.17) is 16.6 Å². The first-order valence-electron chi connectivity index (χ1n) is 9.79. The molecular formula is C24H18ClFN4O. The molecule has 1 aliphatic rings. The molecule has 1 amide bonds. The van der Waals surface area contributed by atoms with Crippen LogP contribution >= 0.6 is 11.6 Å². The van der Waals surface area contributed by atoms with Gasteiger partial charge in [0.15, 0.2) is 0 Å². The van der Waals surface area contributed by atoms with E-state index in [9.17, 15) is 9.18 Å². The Bertz CT molecular complexity index is 1340. The number of halogens is 2. The lowest BCUT2D eigenvalue weighted by atomic mass is 9.94. The van der Waals surface area contributed by atoms with E-state index in [1.165, 1.54) is 24.3 Å². The molecule has 7 heteroatoms. The van der Waals surface area contributed by atoms with Gasteiger partial charge in [0.05, 0.1) is 22.6 Å². The summed E-state index contributed by atoms with van der Waals surface area (Å²) in [5, 5.41) is 6.69. The zero-order chi connectivity index (χ0) is 21.5. The van der Waals surface area contributed by atoms with Crippen LogP contribution in [-0.4, -0.2) is 15.5 Å². The topological polar surface area (TPSA) is 59.0 Å². The summed E-state index contributed by atoms with van der Waals surface area (Å²) in [5.41, 5.74) is 4.18. The lowest BCUT2D eigenvalue weighted by molar-refractivity contribution is -0.113. The Balaban J connectivity index is 1.67. The third-order valence-electron chi connectivity index (χ3n) is 5.38. The molecule has 0 bridgehead atoms. The third kappa shape index (κ3) is 3.35. The van der Waals surface area contributed by atoms with Gasteiger partial charge in [-0.15, -0.1) is 0 Å². The van der Waals surface area contributed by atoms with Crippen molar-refractivity contribution in [3.05, 3.63) is 100 Å². The van der Waals surface area contributed by atoms with Gasteiger partial charge in [-0.2, -0.15) is 0 Å². The minimum absolute atomic E-state index is 0.301. The monoisotopic (exact) mass is 432 g/mol. The number of carbonyl (C=O) groups excluding carboxylic acids is 1. The standard InChI is InChI=1S/C24H18ClFN4O/c1-14-21(23(31)28-16-12-10-15(26)11-13-16)22(17-6-2-3-7-18(17)25)30-20-9-5-4-8-19(20)29-24(30)27-14/h2-13,22H,1H3,(H,27,29)(H,28,31)/t22-/m1/s1. The summed E-state index contributed by atoms with van der Waals surface area (Å²) in [6, 6.07) is 20.4. The summed E-state index contributed by atoms with van der Waals surface area (Å²) in [6.07, 6.45) is 0. The SMILES string of the molecule is CC1=C(C(=O)Nc2ccc(F)cc2)[C@@H](c2ccccc2Cl)n2c(nc3ccccc32)N1. The molecular weight excluding hydrogens is 415 g/mol. The molecule has 0 aliphatic carbocycles. The van der Waals surface area contributed by atoms with Crippen LogP contribution < -0.4 is 10.6 Å². The maximum atomic E-state index is 13.4. The second kappa shape index (κ2) is 7.56. The van der Waals surface area contributed by atoms with Crippen LogP contribution in [0, 0.1) is 5.82 Å². The number of para-hydroxylation sites is 2. The van der Waals surface area contributed by atoms with E-state index in [1.54, 1.807) is 0 Å². The van der Waals surface area contributed by atoms with Crippen molar-refractivity contribution in [2.75, 3.05) is 10.6 Å². The Hall–Kier alpha value is -3.64. The second-order valence-corrected chi connectivity index (χ2v) is 7.75. The van der Waals surface area contributed by atoms with Crippen LogP contribution in [0.5, 0.6) is 0 Å². The first kappa shape index (κ1) is 19.3. The molecule has 154 valence electrons. The molecule has 5 rings (SSSR count). The van der Waals surface area contributed by atoms with Crippen molar-refractivity contribution < 1.29 is 9.18 Å². The predicted octanol–water partition coefficient (Wildman–Crippen LogP) is 5.76. The van der Waals surface area contributed by atoms with Crippen molar-refractivity contribution in [2.45, 2.75) is 13.0 Å². The van der Waals surface area contributed by atoms with Gasteiger partial charge in [-0.1, -0.05) is 41.9 Å². The lowest BCUT2D eigenvalue weighted by Crippen LogP contribution is -2.31. The maximum Gasteiger partial charge on any atom is 0.255 e. The highest BCUT2D eigenvalue weighted by Crippen LogP contribution is 2.41. The van der Waals surface area contributed by atoms with Crippen molar-refractivity contribution in [1.82, 2.24) is 9.55 Å². The van der Waals surface area contributed by atoms with E-state index < -0.39 is 6.04 Å². The molecule has 2 heterocycles. The van der Waals surface area contributed by atoms with Crippen molar-refractivity contribution in [1.29, 1.82) is 0 Å². The number of allylic oxidation sites excluding steroid dienone is 1. The van der Waals surface area contributed by atoms with Crippen LogP contribution in [0.1, 0.15) is 18.5 Å². The molecule has 0 fully saturated rings. The van der Waals surface area contributed by atoms with Gasteiger partial charge in [-0.05, 0) is 55.0 Å². The van der Waals surface area contributed by atoms with Gasteiger partial charge in [0.1, 0.15) is 5.82 Å². The molecule has 31 heavy (non-hydrogen) atoms. The van der Waals surface area contributed by atoms with Gasteiger partial charge in [0, 0.05) is 16.4 Å². The van der Waals surface area contributed by atoms with Crippen LogP contribution in [0.15, 0.2) is 84.1 Å². The molecule has 0 spiro atoms. The Labute approximate surface area is 183 Å². The molecule has 1 aromatic heterocycles. The summed E-state index contributed by atoms with van der Waals surface area (Å²) >= 11 is 6.59. The average molecular weight is 433 g/mol. The number of hydrogen-bond acceptors (Lipinski definition) is 3. The average Bonchev–Trinajstić information content (AvgIpc) is 3.12. The largest absolute Gasteiger partial charge is 0.329 e. The van der Waals surface area contributed by atoms with Crippen molar-refractivity contribution >= 4 is 40.2 Å². The number of rotatable bonds is 3. The summed E-state index contributed by atoms with van der Waals surface area (Å²) in [4.78, 5) is 18.1. The van der Waals surface area contributed by atoms with E-state index in [2.05, 4.69) is 10.6 Å². The van der Waals surface area contributed by atoms with E-state index in [-0.39, 0.29) is 11.7 Å². The fourth-order valence-electron chi connectivity index (χ4n) is 3.98. The van der Waals surface area contributed by atoms with Gasteiger partial charge < -0.3 is 10.6 Å². The first-order chi connectivity index (χ1) is 15.0. The molecule has 0 unspecified atom stereocenters. The lowest BCUT2D eigenvalue weighted by Gasteiger charge is -2.31. The van der Waals surface area contributed by atoms with Gasteiger partial charge >= 0.3 is 0 Å². The fourth-order valence-corrected chi connectivity index (χ4v) is 4.22. The molecule has 2 N–H and O–H groups in total. The number of amides is 1. The molecule has 1 atom stereocenters. The van der Waals surface area contributed by atoms with E-state index in [0.717, 1.165) is 16.6 Å². The summed E-state index contributed by atoms with van der Waals surface area (Å²) in [5.74, 6) is -0.0249. The molecule has 5 nitrogen and oxygen atoms in total. The number of anilines is 2. The number of benzene rings is 3. The minimum Gasteiger partial charge on any atom is -0.329 e. The van der Waals surface area contributed by atoms with Gasteiger partial charge in [-0.25, -0.2) is 9.37 Å². The summed E-state index contributed by atoms with van der Waals surface area (Å²) < 4.78 is 15.3. The zero-order valence-electron chi connectivity index (χ0n) is 16.6. The maximum absolute atomic E-state index is 13.4. The molecule has 0 saturated heterocycles. The number of nitrogens with zero attached hydrogens (tertiary/aromatic N) is 2. The summed E-state index contributed by atoms with van der Waals surface area (Å²) in [6.45, 7) is 1.84. The van der Waals surface area contributed by atoms with E-state index in [1.807, 2.05) is 60.0 Å². The number of nitrogens with one attached hydrogen (secondary N) is 2. The number of aromatic nitrogens is 2. The fraction of sp³-hybridized carbons (Fsp3) is 0.0833. The van der Waals surface area contributed by atoms with Gasteiger partial charge in [0.2, 0.25) is 5.95 Å². The highest BCUT2D eigenvalue weighted by molar-refractivity contribution is 6.31. The van der Waals surface area contributed by atoms with Gasteiger partial charge in [-0.3, -0.25) is 9.36 Å². The Kier molecular flexibility index (Phi) is 4.71. The predicted molar refractivity (Wildman–Crippen MR) is 121 cm³/mol. The van der Waals surface area contributed by atoms with Crippen LogP contribution in [0.3, 0.4) is 0 Å². The smallest absolute Gasteiger partial charge is 0.255 e. The third-order valence-corrected chi connectivity index (χ3v) is 5.72. The number of imidazole rings is 1. The quantitative estimate of drug-likeness (QED) is 0.433. The number of carbonyl (C=O) groups is 1. The number of hydrogen-bond donors (Lipinski definition) is 2. The van der Waals surface area contributed by atoms with Crippen LogP contribution in [0.2, 0.25) is 5.02 Å². The van der Waals surface area contributed by atoms with Crippen LogP contribution in [0.25, 0.3) is 11.0 Å². The van der Waals surface area contributed by atoms with Gasteiger partial charge in [0.25, 0.3) is 5.91 Å². The molecule has 4 aromatic rings. The van der Waals surface area contributed by atoms with Crippen molar-refractivity contribution in [3.63, 3.8) is 0 Å². The zero-order valence-corrected chi connectivity index (χ0v) is 17.3. The van der Waals surface area contributed by atoms with Crippen molar-refractivity contribution in [2.24, 2.45) is 0 Å². The Morgan fingerprint density at radius 3 is 2.55 bits per heavy atom. The molecule has 0 radical (unpaired) electrons. The molecule has 1 aliphatic heterocycles. The molecule has 3 aromatic carbocycles. The van der Waals surface area contributed by atoms with E-state index >= 15 is 0 Å². The second-order valence-electron chi connectivity index (χ2n) is 7.34. The number of fused-ring (bicyclic) bond motifs is 3. The summed E-state index contributed by atoms with van der Waals surface area (Å²) in [7, 11) is 0. The van der Waals surface area contributed by atoms with Crippen LogP contribution in [0.4, 0.5) is 16.0 Å².